The Balaban J connectivity index is 2.40. The third-order valence-electron chi connectivity index (χ3n) is 1.91. The average Bonchev–Trinajstić information content (AvgIpc) is 2.06. The summed E-state index contributed by atoms with van der Waals surface area (Å²) in [5, 5.41) is 0. The number of carbonyl (C=O) groups excluding carboxylic acids is 1. The number of hydrogen-bond donors (Lipinski definition) is 1. The lowest BCUT2D eigenvalue weighted by Gasteiger charge is -2.10. The molecule has 1 aromatic carbocycles. The fourth-order valence-corrected chi connectivity index (χ4v) is 1.81. The van der Waals surface area contributed by atoms with Crippen LogP contribution < -0.4 is 0 Å². The minimum Gasteiger partial charge on any atom is -0.345 e. The number of aromatic amines is 1. The van der Waals surface area contributed by atoms with E-state index in [0.29, 0.717) is 0 Å². The third-order valence-corrected chi connectivity index (χ3v) is 2.79. The van der Waals surface area contributed by atoms with Gasteiger partial charge in [-0.05, 0) is 18.2 Å². The van der Waals surface area contributed by atoms with E-state index in [1.54, 1.807) is 30.5 Å². The van der Waals surface area contributed by atoms with Crippen molar-refractivity contribution in [1.29, 1.82) is 0 Å². The molecule has 0 bridgehead atoms. The van der Waals surface area contributed by atoms with Gasteiger partial charge in [0.05, 0.1) is 10.2 Å². The number of amides is 1. The number of nitrogens with one attached hydrogen (secondary N) is 1. The summed E-state index contributed by atoms with van der Waals surface area (Å²) < 4.78 is 4.22. The first kappa shape index (κ1) is 8.31. The lowest BCUT2D eigenvalue weighted by Crippen LogP contribution is -2.21. The highest BCUT2D eigenvalue weighted by Gasteiger charge is 2.09. The van der Waals surface area contributed by atoms with Crippen molar-refractivity contribution in [3.8, 4) is 0 Å². The standard InChI is InChI=1S/C9H10N2OS/c1-11(2)9(12)6-3-4-7-8(5-6)13-10-7/h3-5,10H,1-2H3. The molecular formula is C9H10N2OS. The molecule has 0 spiro atoms. The predicted octanol–water partition coefficient (Wildman–Crippen LogP) is 1.93. The molecule has 3 nitrogen and oxygen atoms in total. The predicted molar refractivity (Wildman–Crippen MR) is 54.2 cm³/mol. The second-order valence-electron chi connectivity index (χ2n) is 3.11. The molecule has 0 aliphatic rings. The Kier molecular flexibility index (Phi) is 1.84. The molecule has 68 valence electrons. The van der Waals surface area contributed by atoms with Crippen LogP contribution in [0.5, 0.6) is 0 Å². The van der Waals surface area contributed by atoms with Gasteiger partial charge in [-0.3, -0.25) is 4.79 Å². The molecule has 1 heterocycles. The van der Waals surface area contributed by atoms with Crippen molar-refractivity contribution in [2.24, 2.45) is 0 Å². The lowest BCUT2D eigenvalue weighted by atomic mass is 10.2. The Morgan fingerprint density at radius 1 is 1.46 bits per heavy atom. The second-order valence-corrected chi connectivity index (χ2v) is 3.96. The number of rotatable bonds is 1. The van der Waals surface area contributed by atoms with Crippen LogP contribution in [-0.4, -0.2) is 29.3 Å². The van der Waals surface area contributed by atoms with Crippen LogP contribution in [0.3, 0.4) is 0 Å². The van der Waals surface area contributed by atoms with Crippen molar-refractivity contribution in [3.05, 3.63) is 23.8 Å². The Hall–Kier alpha value is -1.29. The molecule has 0 aliphatic carbocycles. The van der Waals surface area contributed by atoms with Crippen LogP contribution in [-0.2, 0) is 0 Å². The number of hydrogen-bond acceptors (Lipinski definition) is 2. The lowest BCUT2D eigenvalue weighted by molar-refractivity contribution is 0.0828. The SMILES string of the molecule is CN(C)C(=O)c1ccc2[nH]sc2c1. The van der Waals surface area contributed by atoms with Crippen molar-refractivity contribution in [1.82, 2.24) is 9.27 Å². The molecule has 1 N–H and O–H groups in total. The topological polar surface area (TPSA) is 36.1 Å². The van der Waals surface area contributed by atoms with Gasteiger partial charge in [0.2, 0.25) is 0 Å². The van der Waals surface area contributed by atoms with E-state index in [2.05, 4.69) is 4.37 Å². The van der Waals surface area contributed by atoms with Gasteiger partial charge in [0, 0.05) is 19.7 Å². The highest BCUT2D eigenvalue weighted by atomic mass is 32.1. The van der Waals surface area contributed by atoms with E-state index in [1.165, 1.54) is 0 Å². The van der Waals surface area contributed by atoms with E-state index in [-0.39, 0.29) is 5.91 Å². The molecule has 0 saturated carbocycles. The van der Waals surface area contributed by atoms with Gasteiger partial charge in [-0.2, -0.15) is 0 Å². The largest absolute Gasteiger partial charge is 0.345 e. The van der Waals surface area contributed by atoms with Gasteiger partial charge in [0.1, 0.15) is 0 Å². The van der Waals surface area contributed by atoms with Crippen molar-refractivity contribution >= 4 is 27.7 Å². The van der Waals surface area contributed by atoms with Gasteiger partial charge in [-0.25, -0.2) is 0 Å². The van der Waals surface area contributed by atoms with Crippen LogP contribution in [0.4, 0.5) is 0 Å². The Morgan fingerprint density at radius 3 is 2.69 bits per heavy atom. The quantitative estimate of drug-likeness (QED) is 0.739. The molecule has 0 radical (unpaired) electrons. The van der Waals surface area contributed by atoms with Crippen LogP contribution in [0.2, 0.25) is 0 Å². The molecule has 0 aliphatic heterocycles. The molecule has 1 amide bonds. The van der Waals surface area contributed by atoms with E-state index in [0.717, 1.165) is 15.8 Å². The van der Waals surface area contributed by atoms with Crippen molar-refractivity contribution in [3.63, 3.8) is 0 Å². The van der Waals surface area contributed by atoms with Gasteiger partial charge < -0.3 is 9.27 Å². The van der Waals surface area contributed by atoms with Gasteiger partial charge in [0.25, 0.3) is 5.91 Å². The fraction of sp³-hybridized carbons (Fsp3) is 0.222. The molecule has 0 fully saturated rings. The van der Waals surface area contributed by atoms with Crippen LogP contribution in [0.25, 0.3) is 10.2 Å². The first-order valence-corrected chi connectivity index (χ1v) is 4.78. The van der Waals surface area contributed by atoms with Gasteiger partial charge in [0.15, 0.2) is 0 Å². The van der Waals surface area contributed by atoms with E-state index in [1.807, 2.05) is 18.2 Å². The van der Waals surface area contributed by atoms with Gasteiger partial charge >= 0.3 is 0 Å². The zero-order chi connectivity index (χ0) is 9.42. The Bertz CT molecular complexity index is 441. The van der Waals surface area contributed by atoms with Crippen molar-refractivity contribution in [2.45, 2.75) is 0 Å². The molecule has 2 aromatic rings. The maximum atomic E-state index is 11.5. The summed E-state index contributed by atoms with van der Waals surface area (Å²) in [7, 11) is 3.51. The maximum absolute atomic E-state index is 11.5. The number of aromatic nitrogens is 1. The first-order chi connectivity index (χ1) is 6.18. The molecule has 4 heteroatoms. The zero-order valence-electron chi connectivity index (χ0n) is 7.50. The fourth-order valence-electron chi connectivity index (χ4n) is 1.15. The first-order valence-electron chi connectivity index (χ1n) is 3.97. The summed E-state index contributed by atoms with van der Waals surface area (Å²) in [5.41, 5.74) is 1.86. The number of benzene rings is 1. The normalized spacial score (nSPS) is 10.6. The van der Waals surface area contributed by atoms with E-state index >= 15 is 0 Å². The monoisotopic (exact) mass is 194 g/mol. The zero-order valence-corrected chi connectivity index (χ0v) is 8.31. The summed E-state index contributed by atoms with van der Waals surface area (Å²) in [6.45, 7) is 0. The minimum absolute atomic E-state index is 0.0512. The summed E-state index contributed by atoms with van der Waals surface area (Å²) in [6.07, 6.45) is 0. The summed E-state index contributed by atoms with van der Waals surface area (Å²) in [6, 6.07) is 5.69. The van der Waals surface area contributed by atoms with Gasteiger partial charge in [-0.15, -0.1) is 0 Å². The van der Waals surface area contributed by atoms with Crippen LogP contribution >= 0.6 is 11.5 Å². The summed E-state index contributed by atoms with van der Waals surface area (Å²) in [4.78, 5) is 13.1. The van der Waals surface area contributed by atoms with Crippen LogP contribution in [0.15, 0.2) is 18.2 Å². The maximum Gasteiger partial charge on any atom is 0.253 e. The van der Waals surface area contributed by atoms with Crippen molar-refractivity contribution < 1.29 is 4.79 Å². The Labute approximate surface area is 80.1 Å². The highest BCUT2D eigenvalue weighted by Crippen LogP contribution is 2.21. The van der Waals surface area contributed by atoms with E-state index < -0.39 is 0 Å². The Morgan fingerprint density at radius 2 is 2.23 bits per heavy atom. The minimum atomic E-state index is 0.0512. The molecule has 0 unspecified atom stereocenters. The van der Waals surface area contributed by atoms with E-state index in [9.17, 15) is 4.79 Å². The number of carbonyl (C=O) groups is 1. The third kappa shape index (κ3) is 1.33. The number of H-pyrrole nitrogens is 1. The van der Waals surface area contributed by atoms with Gasteiger partial charge in [-0.1, -0.05) is 11.5 Å². The molecule has 0 atom stereocenters. The molecular weight excluding hydrogens is 184 g/mol. The van der Waals surface area contributed by atoms with E-state index in [4.69, 9.17) is 0 Å². The summed E-state index contributed by atoms with van der Waals surface area (Å²) >= 11 is 1.55. The smallest absolute Gasteiger partial charge is 0.253 e. The molecule has 1 aromatic heterocycles. The van der Waals surface area contributed by atoms with Crippen LogP contribution in [0.1, 0.15) is 10.4 Å². The molecule has 0 saturated heterocycles. The summed E-state index contributed by atoms with van der Waals surface area (Å²) in [5.74, 6) is 0.0512. The number of nitrogens with zero attached hydrogens (tertiary/aromatic N) is 1. The van der Waals surface area contributed by atoms with Crippen molar-refractivity contribution in [2.75, 3.05) is 14.1 Å². The molecule has 13 heavy (non-hydrogen) atoms. The number of fused-ring (bicyclic) bond motifs is 1. The second kappa shape index (κ2) is 2.88. The van der Waals surface area contributed by atoms with Crippen LogP contribution in [0, 0.1) is 0 Å². The molecule has 2 rings (SSSR count). The average molecular weight is 194 g/mol. The highest BCUT2D eigenvalue weighted by molar-refractivity contribution is 7.15.